The second-order valence-corrected chi connectivity index (χ2v) is 8.05. The average molecular weight is 536 g/mol. The van der Waals surface area contributed by atoms with E-state index in [1.54, 1.807) is 11.2 Å². The summed E-state index contributed by atoms with van der Waals surface area (Å²) in [6.07, 6.45) is 1.32. The van der Waals surface area contributed by atoms with Crippen LogP contribution in [0.2, 0.25) is 0 Å². The van der Waals surface area contributed by atoms with Gasteiger partial charge in [0.25, 0.3) is 0 Å². The van der Waals surface area contributed by atoms with Crippen molar-refractivity contribution in [1.82, 2.24) is 25.2 Å². The summed E-state index contributed by atoms with van der Waals surface area (Å²) in [4.78, 5) is 23.3. The summed E-state index contributed by atoms with van der Waals surface area (Å²) >= 11 is 0. The van der Waals surface area contributed by atoms with E-state index in [0.29, 0.717) is 19.6 Å². The Labute approximate surface area is 197 Å². The number of carbonyl (C=O) groups excluding carboxylic acids is 1. The van der Waals surface area contributed by atoms with Gasteiger partial charge in [0.2, 0.25) is 0 Å². The number of halogens is 1. The fraction of sp³-hybridized carbons (Fsp3) is 0.750. The first kappa shape index (κ1) is 26.5. The van der Waals surface area contributed by atoms with Gasteiger partial charge in [0.05, 0.1) is 12.2 Å². The van der Waals surface area contributed by atoms with Gasteiger partial charge in [-0.15, -0.1) is 24.0 Å². The SMILES string of the molecule is CCNC(=NCCN(CC)C(=O)OC(C)(C)C)N1CCN(Cc2ccon2)CC1.I. The molecule has 0 unspecified atom stereocenters. The van der Waals surface area contributed by atoms with Crippen molar-refractivity contribution in [3.05, 3.63) is 18.0 Å². The van der Waals surface area contributed by atoms with Crippen molar-refractivity contribution >= 4 is 36.0 Å². The van der Waals surface area contributed by atoms with E-state index in [1.165, 1.54) is 0 Å². The highest BCUT2D eigenvalue weighted by Crippen LogP contribution is 2.10. The third-order valence-corrected chi connectivity index (χ3v) is 4.55. The monoisotopic (exact) mass is 536 g/mol. The summed E-state index contributed by atoms with van der Waals surface area (Å²) in [6.45, 7) is 16.6. The molecule has 30 heavy (non-hydrogen) atoms. The summed E-state index contributed by atoms with van der Waals surface area (Å²) in [5, 5.41) is 7.35. The van der Waals surface area contributed by atoms with Crippen LogP contribution in [0.3, 0.4) is 0 Å². The fourth-order valence-electron chi connectivity index (χ4n) is 3.07. The molecule has 1 saturated heterocycles. The number of hydrogen-bond donors (Lipinski definition) is 1. The van der Waals surface area contributed by atoms with Gasteiger partial charge in [0.15, 0.2) is 5.96 Å². The van der Waals surface area contributed by atoms with Crippen LogP contribution in [0.15, 0.2) is 21.8 Å². The van der Waals surface area contributed by atoms with Crippen molar-refractivity contribution in [2.24, 2.45) is 4.99 Å². The molecule has 0 atom stereocenters. The number of guanidine groups is 1. The lowest BCUT2D eigenvalue weighted by atomic mass is 10.2. The van der Waals surface area contributed by atoms with Crippen LogP contribution in [0.1, 0.15) is 40.3 Å². The van der Waals surface area contributed by atoms with Crippen molar-refractivity contribution in [1.29, 1.82) is 0 Å². The first-order valence-electron chi connectivity index (χ1n) is 10.4. The molecule has 1 aromatic rings. The quantitative estimate of drug-likeness (QED) is 0.326. The first-order chi connectivity index (χ1) is 13.8. The van der Waals surface area contributed by atoms with Crippen LogP contribution in [-0.4, -0.2) is 89.9 Å². The third-order valence-electron chi connectivity index (χ3n) is 4.55. The highest BCUT2D eigenvalue weighted by Gasteiger charge is 2.22. The molecule has 1 amide bonds. The molecule has 172 valence electrons. The summed E-state index contributed by atoms with van der Waals surface area (Å²) < 4.78 is 10.4. The minimum atomic E-state index is -0.492. The highest BCUT2D eigenvalue weighted by molar-refractivity contribution is 14.0. The molecule has 0 saturated carbocycles. The summed E-state index contributed by atoms with van der Waals surface area (Å²) in [6, 6.07) is 1.90. The number of likely N-dealkylation sites (N-methyl/N-ethyl adjacent to an activating group) is 1. The Balaban J connectivity index is 0.00000450. The van der Waals surface area contributed by atoms with E-state index in [1.807, 2.05) is 33.8 Å². The molecular formula is C20H37IN6O3. The zero-order valence-electron chi connectivity index (χ0n) is 18.9. The van der Waals surface area contributed by atoms with E-state index in [-0.39, 0.29) is 30.1 Å². The summed E-state index contributed by atoms with van der Waals surface area (Å²) in [5.74, 6) is 0.897. The lowest BCUT2D eigenvalue weighted by Gasteiger charge is -2.36. The molecule has 0 bridgehead atoms. The molecule has 1 N–H and O–H groups in total. The Morgan fingerprint density at radius 2 is 2.00 bits per heavy atom. The maximum absolute atomic E-state index is 12.3. The van der Waals surface area contributed by atoms with Gasteiger partial charge in [-0.05, 0) is 34.6 Å². The lowest BCUT2D eigenvalue weighted by molar-refractivity contribution is 0.0266. The van der Waals surface area contributed by atoms with Gasteiger partial charge < -0.3 is 24.4 Å². The Morgan fingerprint density at radius 1 is 1.30 bits per heavy atom. The van der Waals surface area contributed by atoms with Crippen molar-refractivity contribution < 1.29 is 14.1 Å². The predicted molar refractivity (Wildman–Crippen MR) is 128 cm³/mol. The average Bonchev–Trinajstić information content (AvgIpc) is 3.16. The normalized spacial score (nSPS) is 15.5. The van der Waals surface area contributed by atoms with E-state index < -0.39 is 5.60 Å². The van der Waals surface area contributed by atoms with Crippen LogP contribution in [0.5, 0.6) is 0 Å². The van der Waals surface area contributed by atoms with Crippen molar-refractivity contribution in [2.75, 3.05) is 52.4 Å². The third kappa shape index (κ3) is 9.07. The molecule has 1 aliphatic heterocycles. The molecule has 10 heteroatoms. The van der Waals surface area contributed by atoms with E-state index >= 15 is 0 Å². The standard InChI is InChI=1S/C20H36N6O3.HI/c1-6-21-18(22-9-10-25(7-2)19(27)29-20(3,4)5)26-13-11-24(12-14-26)16-17-8-15-28-23-17;/h8,15H,6-7,9-14,16H2,1-5H3,(H,21,22);1H. The molecule has 0 aromatic carbocycles. The summed E-state index contributed by atoms with van der Waals surface area (Å²) in [5.41, 5.74) is 0.467. The maximum atomic E-state index is 12.3. The second kappa shape index (κ2) is 13.0. The molecule has 2 heterocycles. The predicted octanol–water partition coefficient (Wildman–Crippen LogP) is 2.63. The van der Waals surface area contributed by atoms with Gasteiger partial charge >= 0.3 is 6.09 Å². The van der Waals surface area contributed by atoms with E-state index in [0.717, 1.165) is 50.9 Å². The minimum absolute atomic E-state index is 0. The second-order valence-electron chi connectivity index (χ2n) is 8.05. The topological polar surface area (TPSA) is 86.4 Å². The van der Waals surface area contributed by atoms with Gasteiger partial charge in [-0.3, -0.25) is 9.89 Å². The lowest BCUT2D eigenvalue weighted by Crippen LogP contribution is -2.52. The number of aliphatic imine (C=N–C) groups is 1. The van der Waals surface area contributed by atoms with Gasteiger partial charge in [0, 0.05) is 58.4 Å². The number of ether oxygens (including phenoxy) is 1. The molecule has 0 spiro atoms. The largest absolute Gasteiger partial charge is 0.444 e. The first-order valence-corrected chi connectivity index (χ1v) is 10.4. The Hall–Kier alpha value is -1.56. The summed E-state index contributed by atoms with van der Waals surface area (Å²) in [7, 11) is 0. The zero-order chi connectivity index (χ0) is 21.3. The molecule has 0 aliphatic carbocycles. The number of carbonyl (C=O) groups is 1. The van der Waals surface area contributed by atoms with Crippen molar-refractivity contribution in [3.8, 4) is 0 Å². The molecule has 2 rings (SSSR count). The number of nitrogens with zero attached hydrogens (tertiary/aromatic N) is 5. The van der Waals surface area contributed by atoms with Crippen LogP contribution in [0, 0.1) is 0 Å². The number of hydrogen-bond acceptors (Lipinski definition) is 6. The number of nitrogens with one attached hydrogen (secondary N) is 1. The van der Waals surface area contributed by atoms with E-state index in [4.69, 9.17) is 14.3 Å². The van der Waals surface area contributed by atoms with Gasteiger partial charge in [-0.25, -0.2) is 4.79 Å². The van der Waals surface area contributed by atoms with Crippen molar-refractivity contribution in [2.45, 2.75) is 46.8 Å². The van der Waals surface area contributed by atoms with Crippen LogP contribution >= 0.6 is 24.0 Å². The molecule has 0 radical (unpaired) electrons. The van der Waals surface area contributed by atoms with E-state index in [9.17, 15) is 4.79 Å². The minimum Gasteiger partial charge on any atom is -0.444 e. The molecule has 1 aliphatic rings. The Morgan fingerprint density at radius 3 is 2.53 bits per heavy atom. The number of rotatable bonds is 7. The number of piperazine rings is 1. The molecular weight excluding hydrogens is 499 g/mol. The fourth-order valence-corrected chi connectivity index (χ4v) is 3.07. The highest BCUT2D eigenvalue weighted by atomic mass is 127. The van der Waals surface area contributed by atoms with Gasteiger partial charge in [-0.2, -0.15) is 0 Å². The smallest absolute Gasteiger partial charge is 0.410 e. The number of amides is 1. The van der Waals surface area contributed by atoms with Crippen LogP contribution < -0.4 is 5.32 Å². The molecule has 1 aromatic heterocycles. The zero-order valence-corrected chi connectivity index (χ0v) is 21.2. The van der Waals surface area contributed by atoms with Crippen LogP contribution in [0.25, 0.3) is 0 Å². The van der Waals surface area contributed by atoms with E-state index in [2.05, 4.69) is 27.2 Å². The molecule has 9 nitrogen and oxygen atoms in total. The number of aromatic nitrogens is 1. The molecule has 1 fully saturated rings. The van der Waals surface area contributed by atoms with Gasteiger partial charge in [-0.1, -0.05) is 5.16 Å². The van der Waals surface area contributed by atoms with Gasteiger partial charge in [0.1, 0.15) is 11.9 Å². The Bertz CT molecular complexity index is 639. The van der Waals surface area contributed by atoms with Crippen LogP contribution in [-0.2, 0) is 11.3 Å². The van der Waals surface area contributed by atoms with Crippen LogP contribution in [0.4, 0.5) is 4.79 Å². The van der Waals surface area contributed by atoms with Crippen molar-refractivity contribution in [3.63, 3.8) is 0 Å². The Kier molecular flexibility index (Phi) is 11.5. The maximum Gasteiger partial charge on any atom is 0.410 e.